The summed E-state index contributed by atoms with van der Waals surface area (Å²) < 4.78 is 0. The first-order valence-corrected chi connectivity index (χ1v) is 8.17. The van der Waals surface area contributed by atoms with Crippen LogP contribution in [0.2, 0.25) is 0 Å². The quantitative estimate of drug-likeness (QED) is 0.615. The lowest BCUT2D eigenvalue weighted by Gasteiger charge is -2.03. The van der Waals surface area contributed by atoms with Gasteiger partial charge in [0.25, 0.3) is 0 Å². The zero-order valence-corrected chi connectivity index (χ0v) is 14.7. The largest absolute Gasteiger partial charge is 0.478 e. The molecule has 0 fully saturated rings. The van der Waals surface area contributed by atoms with Gasteiger partial charge in [0.05, 0.1) is 5.57 Å². The number of pyridine rings is 2. The number of rotatable bonds is 1. The summed E-state index contributed by atoms with van der Waals surface area (Å²) in [5, 5.41) is 9.01. The van der Waals surface area contributed by atoms with Crippen LogP contribution < -0.4 is 17.2 Å². The standard InChI is InChI=1S/C10H10N2O2.C9H11N3/c1-5-4-6-2-3-12-9(11)8(6)7(5)10(13)14;1-5-4-6-2-3-12-9(11)7(6)8(5)10/h2-3H,4H2,1H3,(H2,11,12)(H,13,14);2-3H,4,10H2,1H3,(H2,11,12). The summed E-state index contributed by atoms with van der Waals surface area (Å²) in [5.41, 5.74) is 24.0. The van der Waals surface area contributed by atoms with Crippen molar-refractivity contribution in [1.82, 2.24) is 9.97 Å². The number of nitrogens with zero attached hydrogens (tertiary/aromatic N) is 2. The van der Waals surface area contributed by atoms with E-state index in [9.17, 15) is 4.79 Å². The maximum absolute atomic E-state index is 11.0. The van der Waals surface area contributed by atoms with Crippen LogP contribution in [0.4, 0.5) is 11.6 Å². The summed E-state index contributed by atoms with van der Waals surface area (Å²) >= 11 is 0. The Morgan fingerprint density at radius 3 is 1.96 bits per heavy atom. The fraction of sp³-hybridized carbons (Fsp3) is 0.211. The van der Waals surface area contributed by atoms with Gasteiger partial charge < -0.3 is 22.3 Å². The predicted octanol–water partition coefficient (Wildman–Crippen LogP) is 1.99. The number of nitrogens with two attached hydrogens (primary N) is 3. The lowest BCUT2D eigenvalue weighted by Crippen LogP contribution is -2.03. The number of fused-ring (bicyclic) bond motifs is 2. The highest BCUT2D eigenvalue weighted by Crippen LogP contribution is 2.35. The number of carboxylic acids is 1. The van der Waals surface area contributed by atoms with Gasteiger partial charge in [-0.25, -0.2) is 14.8 Å². The summed E-state index contributed by atoms with van der Waals surface area (Å²) in [6.07, 6.45) is 4.89. The minimum absolute atomic E-state index is 0.303. The van der Waals surface area contributed by atoms with Crippen LogP contribution in [-0.2, 0) is 17.6 Å². The van der Waals surface area contributed by atoms with Gasteiger partial charge in [-0.1, -0.05) is 5.57 Å². The molecule has 0 amide bonds. The Kier molecular flexibility index (Phi) is 4.38. The van der Waals surface area contributed by atoms with Gasteiger partial charge in [0.1, 0.15) is 11.6 Å². The molecule has 0 aromatic carbocycles. The van der Waals surface area contributed by atoms with E-state index in [1.54, 1.807) is 12.4 Å². The summed E-state index contributed by atoms with van der Waals surface area (Å²) in [4.78, 5) is 18.9. The van der Waals surface area contributed by atoms with Crippen molar-refractivity contribution >= 4 is 28.9 Å². The van der Waals surface area contributed by atoms with E-state index < -0.39 is 5.97 Å². The Morgan fingerprint density at radius 2 is 1.42 bits per heavy atom. The molecular formula is C19H21N5O2. The van der Waals surface area contributed by atoms with Crippen LogP contribution in [0.5, 0.6) is 0 Å². The van der Waals surface area contributed by atoms with Crippen molar-refractivity contribution in [2.75, 3.05) is 11.5 Å². The van der Waals surface area contributed by atoms with Crippen molar-refractivity contribution in [2.24, 2.45) is 5.73 Å². The van der Waals surface area contributed by atoms with E-state index in [1.165, 1.54) is 11.1 Å². The minimum atomic E-state index is -0.930. The van der Waals surface area contributed by atoms with Gasteiger partial charge in [-0.2, -0.15) is 0 Å². The van der Waals surface area contributed by atoms with E-state index in [1.807, 2.05) is 26.0 Å². The SMILES string of the molecule is CC1=C(C(=O)O)c2c(ccnc2N)C1.CC1=C(N)c2c(ccnc2N)C1. The number of nitrogen functional groups attached to an aromatic ring is 2. The van der Waals surface area contributed by atoms with Gasteiger partial charge in [0, 0.05) is 29.2 Å². The molecule has 26 heavy (non-hydrogen) atoms. The number of allylic oxidation sites excluding steroid dienone is 2. The van der Waals surface area contributed by atoms with Crippen LogP contribution in [0.25, 0.3) is 11.3 Å². The third kappa shape index (κ3) is 2.88. The number of aliphatic carboxylic acids is 1. The molecule has 2 aliphatic carbocycles. The lowest BCUT2D eigenvalue weighted by molar-refractivity contribution is -0.130. The summed E-state index contributed by atoms with van der Waals surface area (Å²) in [6, 6.07) is 3.78. The molecule has 0 radical (unpaired) electrons. The summed E-state index contributed by atoms with van der Waals surface area (Å²) in [6.45, 7) is 3.83. The first-order valence-electron chi connectivity index (χ1n) is 8.17. The maximum atomic E-state index is 11.0. The molecule has 0 aliphatic heterocycles. The number of carbonyl (C=O) groups is 1. The summed E-state index contributed by atoms with van der Waals surface area (Å²) in [5.74, 6) is -0.0837. The van der Waals surface area contributed by atoms with Crippen LogP contribution >= 0.6 is 0 Å². The minimum Gasteiger partial charge on any atom is -0.478 e. The molecule has 2 aromatic rings. The lowest BCUT2D eigenvalue weighted by atomic mass is 10.1. The van der Waals surface area contributed by atoms with Crippen molar-refractivity contribution in [2.45, 2.75) is 26.7 Å². The third-order valence-electron chi connectivity index (χ3n) is 4.66. The van der Waals surface area contributed by atoms with E-state index in [2.05, 4.69) is 9.97 Å². The number of aromatic nitrogens is 2. The van der Waals surface area contributed by atoms with E-state index in [-0.39, 0.29) is 0 Å². The molecule has 7 heteroatoms. The average molecular weight is 351 g/mol. The van der Waals surface area contributed by atoms with E-state index >= 15 is 0 Å². The fourth-order valence-corrected chi connectivity index (χ4v) is 3.41. The van der Waals surface area contributed by atoms with Gasteiger partial charge in [-0.3, -0.25) is 0 Å². The second-order valence-corrected chi connectivity index (χ2v) is 6.47. The molecule has 0 saturated carbocycles. The van der Waals surface area contributed by atoms with Crippen molar-refractivity contribution in [1.29, 1.82) is 0 Å². The zero-order valence-electron chi connectivity index (χ0n) is 14.7. The molecule has 0 unspecified atom stereocenters. The Hall–Kier alpha value is -3.35. The molecule has 2 aliphatic rings. The second kappa shape index (κ2) is 6.51. The Labute approximate surface area is 151 Å². The molecule has 7 nitrogen and oxygen atoms in total. The highest BCUT2D eigenvalue weighted by molar-refractivity contribution is 6.19. The normalized spacial score (nSPS) is 14.7. The molecule has 0 spiro atoms. The highest BCUT2D eigenvalue weighted by atomic mass is 16.4. The molecule has 134 valence electrons. The zero-order chi connectivity index (χ0) is 19.0. The van der Waals surface area contributed by atoms with Crippen LogP contribution in [0.3, 0.4) is 0 Å². The first-order chi connectivity index (χ1) is 12.3. The molecule has 7 N–H and O–H groups in total. The van der Waals surface area contributed by atoms with Crippen molar-refractivity contribution in [3.63, 3.8) is 0 Å². The second-order valence-electron chi connectivity index (χ2n) is 6.47. The number of hydrogen-bond acceptors (Lipinski definition) is 6. The molecule has 0 atom stereocenters. The highest BCUT2D eigenvalue weighted by Gasteiger charge is 2.26. The predicted molar refractivity (Wildman–Crippen MR) is 102 cm³/mol. The van der Waals surface area contributed by atoms with Gasteiger partial charge in [-0.05, 0) is 55.5 Å². The molecule has 4 rings (SSSR count). The van der Waals surface area contributed by atoms with Crippen molar-refractivity contribution < 1.29 is 9.90 Å². The smallest absolute Gasteiger partial charge is 0.336 e. The molecule has 2 heterocycles. The van der Waals surface area contributed by atoms with Gasteiger partial charge in [0.15, 0.2) is 0 Å². The van der Waals surface area contributed by atoms with Gasteiger partial charge in [-0.15, -0.1) is 0 Å². The first kappa shape index (κ1) is 17.5. The Morgan fingerprint density at radius 1 is 0.923 bits per heavy atom. The van der Waals surface area contributed by atoms with Crippen LogP contribution in [0.15, 0.2) is 35.7 Å². The molecule has 0 bridgehead atoms. The number of anilines is 2. The number of carboxylic acid groups (broad SMARTS) is 1. The Bertz CT molecular complexity index is 976. The van der Waals surface area contributed by atoms with Crippen LogP contribution in [-0.4, -0.2) is 21.0 Å². The van der Waals surface area contributed by atoms with Crippen molar-refractivity contribution in [3.8, 4) is 0 Å². The number of hydrogen-bond donors (Lipinski definition) is 4. The van der Waals surface area contributed by atoms with Gasteiger partial charge >= 0.3 is 5.97 Å². The molecular weight excluding hydrogens is 330 g/mol. The fourth-order valence-electron chi connectivity index (χ4n) is 3.41. The Balaban J connectivity index is 0.000000152. The van der Waals surface area contributed by atoms with Gasteiger partial charge in [0.2, 0.25) is 0 Å². The molecule has 0 saturated heterocycles. The third-order valence-corrected chi connectivity index (χ3v) is 4.66. The summed E-state index contributed by atoms with van der Waals surface area (Å²) in [7, 11) is 0. The average Bonchev–Trinajstić information content (AvgIpc) is 3.06. The maximum Gasteiger partial charge on any atom is 0.336 e. The van der Waals surface area contributed by atoms with E-state index in [0.717, 1.165) is 28.8 Å². The van der Waals surface area contributed by atoms with Crippen molar-refractivity contribution in [3.05, 3.63) is 57.9 Å². The topological polar surface area (TPSA) is 141 Å². The van der Waals surface area contributed by atoms with Crippen LogP contribution in [0, 0.1) is 0 Å². The van der Waals surface area contributed by atoms with Crippen LogP contribution in [0.1, 0.15) is 36.1 Å². The monoisotopic (exact) mass is 351 g/mol. The molecule has 2 aromatic heterocycles. The van der Waals surface area contributed by atoms with E-state index in [4.69, 9.17) is 22.3 Å². The van der Waals surface area contributed by atoms with E-state index in [0.29, 0.717) is 29.2 Å².